The number of benzene rings is 2. The molecule has 0 radical (unpaired) electrons. The van der Waals surface area contributed by atoms with Gasteiger partial charge in [0.25, 0.3) is 0 Å². The van der Waals surface area contributed by atoms with Crippen molar-refractivity contribution in [2.24, 2.45) is 0 Å². The van der Waals surface area contributed by atoms with Crippen LogP contribution in [0.2, 0.25) is 0 Å². The lowest BCUT2D eigenvalue weighted by Gasteiger charge is -2.26. The monoisotopic (exact) mass is 600 g/mol. The van der Waals surface area contributed by atoms with E-state index < -0.39 is 42.5 Å². The van der Waals surface area contributed by atoms with E-state index in [9.17, 15) is 27.5 Å². The summed E-state index contributed by atoms with van der Waals surface area (Å²) in [6.45, 7) is 0.525. The number of ether oxygens (including phenoxy) is 1. The first-order valence-electron chi connectivity index (χ1n) is 14.7. The molecule has 1 aliphatic heterocycles. The van der Waals surface area contributed by atoms with E-state index in [0.29, 0.717) is 29.7 Å². The largest absolute Gasteiger partial charge is 0.439 e. The Hall–Kier alpha value is -3.53. The molecule has 2 aliphatic carbocycles. The Morgan fingerprint density at radius 1 is 0.930 bits per heavy atom. The van der Waals surface area contributed by atoms with E-state index in [1.165, 1.54) is 17.0 Å². The molecule has 3 aromatic rings. The van der Waals surface area contributed by atoms with Gasteiger partial charge in [0, 0.05) is 22.7 Å². The Morgan fingerprint density at radius 2 is 1.65 bits per heavy atom. The minimum Gasteiger partial charge on any atom is -0.439 e. The van der Waals surface area contributed by atoms with Crippen molar-refractivity contribution in [1.82, 2.24) is 9.88 Å². The van der Waals surface area contributed by atoms with Gasteiger partial charge in [0.1, 0.15) is 18.6 Å². The first kappa shape index (κ1) is 29.5. The number of pyridine rings is 1. The van der Waals surface area contributed by atoms with Gasteiger partial charge in [0.05, 0.1) is 29.9 Å². The van der Waals surface area contributed by atoms with Gasteiger partial charge in [-0.1, -0.05) is 12.1 Å². The Balaban J connectivity index is 1.33. The van der Waals surface area contributed by atoms with Gasteiger partial charge >= 0.3 is 12.3 Å². The number of alkyl halides is 4. The van der Waals surface area contributed by atoms with E-state index in [2.05, 4.69) is 0 Å². The van der Waals surface area contributed by atoms with Crippen molar-refractivity contribution >= 4 is 6.09 Å². The highest BCUT2D eigenvalue weighted by molar-refractivity contribution is 5.73. The summed E-state index contributed by atoms with van der Waals surface area (Å²) in [5.41, 5.74) is 2.07. The summed E-state index contributed by atoms with van der Waals surface area (Å²) in [5.74, 6) is 0.0537. The predicted molar refractivity (Wildman–Crippen MR) is 149 cm³/mol. The second kappa shape index (κ2) is 11.5. The molecular formula is C33H33F5N2O3. The van der Waals surface area contributed by atoms with Gasteiger partial charge in [-0.15, -0.1) is 0 Å². The van der Waals surface area contributed by atoms with Crippen molar-refractivity contribution < 1.29 is 36.6 Å². The van der Waals surface area contributed by atoms with E-state index in [1.54, 1.807) is 13.0 Å². The van der Waals surface area contributed by atoms with Crippen LogP contribution in [0.1, 0.15) is 97.0 Å². The maximum atomic E-state index is 15.4. The summed E-state index contributed by atoms with van der Waals surface area (Å²) in [6.07, 6.45) is -1.85. The Kier molecular flexibility index (Phi) is 7.91. The van der Waals surface area contributed by atoms with Crippen LogP contribution in [0.5, 0.6) is 0 Å². The van der Waals surface area contributed by atoms with E-state index >= 15 is 4.39 Å². The van der Waals surface area contributed by atoms with Crippen LogP contribution >= 0.6 is 0 Å². The third-order valence-electron chi connectivity index (χ3n) is 8.98. The average molecular weight is 601 g/mol. The molecule has 0 bridgehead atoms. The summed E-state index contributed by atoms with van der Waals surface area (Å²) in [4.78, 5) is 19.4. The van der Waals surface area contributed by atoms with Gasteiger partial charge in [-0.3, -0.25) is 9.88 Å². The van der Waals surface area contributed by atoms with Crippen molar-refractivity contribution in [3.05, 3.63) is 88.0 Å². The topological polar surface area (TPSA) is 62.7 Å². The number of rotatable bonds is 7. The molecule has 3 fully saturated rings. The van der Waals surface area contributed by atoms with Gasteiger partial charge in [0.2, 0.25) is 0 Å². The second-order valence-corrected chi connectivity index (χ2v) is 12.0. The summed E-state index contributed by atoms with van der Waals surface area (Å²) >= 11 is 0. The number of aliphatic hydroxyl groups excluding tert-OH is 1. The molecule has 10 heteroatoms. The summed E-state index contributed by atoms with van der Waals surface area (Å²) < 4.78 is 75.0. The van der Waals surface area contributed by atoms with Crippen LogP contribution in [-0.4, -0.2) is 33.2 Å². The molecule has 228 valence electrons. The van der Waals surface area contributed by atoms with Crippen molar-refractivity contribution in [2.75, 3.05) is 0 Å². The summed E-state index contributed by atoms with van der Waals surface area (Å²) in [7, 11) is 0. The molecule has 1 aromatic heterocycles. The molecule has 3 aliphatic rings. The number of aliphatic hydroxyl groups is 1. The van der Waals surface area contributed by atoms with Gasteiger partial charge < -0.3 is 9.84 Å². The lowest BCUT2D eigenvalue weighted by Crippen LogP contribution is -2.32. The SMILES string of the molecule is C[C@H]1[C@@H](c2cc(CF)cc(C(F)(F)F)c2)OC(=O)N1Cc1nc(C2CC2)ccc1-c1cc([C@H]2CC[C@H](O)CC2)ccc1F. The summed E-state index contributed by atoms with van der Waals surface area (Å²) in [6, 6.07) is 11.0. The van der Waals surface area contributed by atoms with Crippen LogP contribution in [0.4, 0.5) is 26.7 Å². The number of halogens is 5. The third-order valence-corrected chi connectivity index (χ3v) is 8.98. The molecule has 2 atom stereocenters. The molecule has 1 amide bonds. The van der Waals surface area contributed by atoms with Gasteiger partial charge in [-0.05, 0) is 104 Å². The molecule has 2 heterocycles. The lowest BCUT2D eigenvalue weighted by molar-refractivity contribution is -0.137. The fourth-order valence-electron chi connectivity index (χ4n) is 6.35. The third kappa shape index (κ3) is 6.12. The molecule has 2 aromatic carbocycles. The van der Waals surface area contributed by atoms with Gasteiger partial charge in [-0.25, -0.2) is 13.6 Å². The number of carbonyl (C=O) groups excluding carboxylic acids is 1. The molecule has 6 rings (SSSR count). The Labute approximate surface area is 246 Å². The smallest absolute Gasteiger partial charge is 0.416 e. The molecule has 0 spiro atoms. The van der Waals surface area contributed by atoms with E-state index in [4.69, 9.17) is 9.72 Å². The average Bonchev–Trinajstić information content (AvgIpc) is 3.80. The highest BCUT2D eigenvalue weighted by Gasteiger charge is 2.42. The second-order valence-electron chi connectivity index (χ2n) is 12.0. The fraction of sp³-hybridized carbons (Fsp3) is 0.455. The lowest BCUT2D eigenvalue weighted by atomic mass is 9.82. The number of carbonyl (C=O) groups is 1. The van der Waals surface area contributed by atoms with Crippen LogP contribution in [0.3, 0.4) is 0 Å². The zero-order valence-electron chi connectivity index (χ0n) is 23.7. The standard InChI is InChI=1S/C33H33F5N2O3/c1-18-31(23-12-19(16-34)13-24(14-23)33(36,37)38)43-32(42)40(18)17-30-26(9-11-29(39-30)21-2-3-21)27-15-22(6-10-28(27)35)20-4-7-25(41)8-5-20/h6,9-15,18,20-21,25,31,41H,2-5,7-8,16-17H2,1H3/t18-,20-,25-,31-/m0/s1. The zero-order valence-corrected chi connectivity index (χ0v) is 23.7. The molecule has 2 saturated carbocycles. The number of aromatic nitrogens is 1. The predicted octanol–water partition coefficient (Wildman–Crippen LogP) is 8.35. The van der Waals surface area contributed by atoms with Crippen molar-refractivity contribution in [3.63, 3.8) is 0 Å². The van der Waals surface area contributed by atoms with Crippen molar-refractivity contribution in [2.45, 2.75) is 94.9 Å². The van der Waals surface area contributed by atoms with E-state index in [1.807, 2.05) is 18.2 Å². The molecule has 43 heavy (non-hydrogen) atoms. The van der Waals surface area contributed by atoms with E-state index in [0.717, 1.165) is 49.1 Å². The van der Waals surface area contributed by atoms with Crippen LogP contribution in [0, 0.1) is 5.82 Å². The maximum Gasteiger partial charge on any atom is 0.416 e. The number of hydrogen-bond donors (Lipinski definition) is 1. The minimum atomic E-state index is -4.69. The van der Waals surface area contributed by atoms with Gasteiger partial charge in [-0.2, -0.15) is 13.2 Å². The Bertz CT molecular complexity index is 1510. The maximum absolute atomic E-state index is 15.4. The first-order chi connectivity index (χ1) is 20.5. The van der Waals surface area contributed by atoms with Crippen LogP contribution in [0.25, 0.3) is 11.1 Å². The first-order valence-corrected chi connectivity index (χ1v) is 14.7. The zero-order chi connectivity index (χ0) is 30.5. The van der Waals surface area contributed by atoms with E-state index in [-0.39, 0.29) is 35.6 Å². The number of cyclic esters (lactones) is 1. The molecule has 1 saturated heterocycles. The molecular weight excluding hydrogens is 567 g/mol. The van der Waals surface area contributed by atoms with Crippen LogP contribution in [0.15, 0.2) is 48.5 Å². The van der Waals surface area contributed by atoms with Crippen molar-refractivity contribution in [3.8, 4) is 11.1 Å². The number of hydrogen-bond acceptors (Lipinski definition) is 4. The fourth-order valence-corrected chi connectivity index (χ4v) is 6.35. The number of amides is 1. The molecule has 0 unspecified atom stereocenters. The van der Waals surface area contributed by atoms with Gasteiger partial charge in [0.15, 0.2) is 0 Å². The normalized spacial score (nSPS) is 24.3. The minimum absolute atomic E-state index is 0.0411. The quantitative estimate of drug-likeness (QED) is 0.277. The van der Waals surface area contributed by atoms with Crippen molar-refractivity contribution in [1.29, 1.82) is 0 Å². The van der Waals surface area contributed by atoms with Crippen LogP contribution in [-0.2, 0) is 24.1 Å². The molecule has 5 nitrogen and oxygen atoms in total. The number of nitrogens with zero attached hydrogens (tertiary/aromatic N) is 2. The highest BCUT2D eigenvalue weighted by Crippen LogP contribution is 2.43. The van der Waals surface area contributed by atoms with Crippen LogP contribution < -0.4 is 0 Å². The highest BCUT2D eigenvalue weighted by atomic mass is 19.4. The Morgan fingerprint density at radius 3 is 2.33 bits per heavy atom. The summed E-state index contributed by atoms with van der Waals surface area (Å²) in [5, 5.41) is 9.93. The molecule has 1 N–H and O–H groups in total.